The molecule has 0 fully saturated rings. The van der Waals surface area contributed by atoms with E-state index in [4.69, 9.17) is 4.74 Å². The van der Waals surface area contributed by atoms with Crippen LogP contribution in [0.5, 0.6) is 0 Å². The topological polar surface area (TPSA) is 26.3 Å². The maximum atomic E-state index is 11.5. The third-order valence-corrected chi connectivity index (χ3v) is 3.02. The largest absolute Gasteiger partial charge is 0.465 e. The first-order valence-electron chi connectivity index (χ1n) is 4.08. The number of rotatable bonds is 2. The van der Waals surface area contributed by atoms with E-state index in [1.165, 1.54) is 7.11 Å². The highest BCUT2D eigenvalue weighted by molar-refractivity contribution is 9.10. The summed E-state index contributed by atoms with van der Waals surface area (Å²) in [5, 5.41) is 0. The van der Waals surface area contributed by atoms with Crippen LogP contribution in [0.15, 0.2) is 22.7 Å². The van der Waals surface area contributed by atoms with Gasteiger partial charge in [-0.1, -0.05) is 28.1 Å². The molecule has 0 heterocycles. The quantitative estimate of drug-likeness (QED) is 0.613. The van der Waals surface area contributed by atoms with Gasteiger partial charge in [-0.2, -0.15) is 0 Å². The van der Waals surface area contributed by atoms with Crippen molar-refractivity contribution in [2.45, 2.75) is 11.8 Å². The highest BCUT2D eigenvalue weighted by atomic mass is 79.9. The first-order valence-corrected chi connectivity index (χ1v) is 5.79. The van der Waals surface area contributed by atoms with E-state index >= 15 is 0 Å². The van der Waals surface area contributed by atoms with Gasteiger partial charge in [-0.25, -0.2) is 4.79 Å². The summed E-state index contributed by atoms with van der Waals surface area (Å²) in [5.41, 5.74) is 1.51. The molecule has 0 spiro atoms. The fourth-order valence-electron chi connectivity index (χ4n) is 1.19. The first-order chi connectivity index (χ1) is 6.57. The van der Waals surface area contributed by atoms with Gasteiger partial charge >= 0.3 is 5.97 Å². The lowest BCUT2D eigenvalue weighted by Gasteiger charge is -2.11. The van der Waals surface area contributed by atoms with Crippen molar-refractivity contribution < 1.29 is 9.53 Å². The number of hydrogen-bond donors (Lipinski definition) is 0. The molecule has 0 amide bonds. The van der Waals surface area contributed by atoms with Crippen molar-refractivity contribution in [1.29, 1.82) is 0 Å². The summed E-state index contributed by atoms with van der Waals surface area (Å²) in [4.78, 5) is 11.6. The Labute approximate surface area is 99.9 Å². The number of esters is 1. The fourth-order valence-corrected chi connectivity index (χ4v) is 2.11. The molecule has 0 aliphatic rings. The smallest absolute Gasteiger partial charge is 0.339 e. The van der Waals surface area contributed by atoms with Crippen molar-refractivity contribution >= 4 is 37.8 Å². The third kappa shape index (κ3) is 2.36. The number of alkyl halides is 1. The van der Waals surface area contributed by atoms with Crippen LogP contribution < -0.4 is 0 Å². The molecule has 2 nitrogen and oxygen atoms in total. The van der Waals surface area contributed by atoms with Gasteiger partial charge in [0.15, 0.2) is 0 Å². The zero-order chi connectivity index (χ0) is 10.7. The van der Waals surface area contributed by atoms with Crippen LogP contribution in [0.3, 0.4) is 0 Å². The van der Waals surface area contributed by atoms with Crippen LogP contribution in [0.4, 0.5) is 0 Å². The predicted octanol–water partition coefficient (Wildman–Crippen LogP) is 3.69. The molecule has 0 saturated heterocycles. The molecular weight excluding hydrogens is 312 g/mol. The second kappa shape index (κ2) is 4.94. The Morgan fingerprint density at radius 3 is 2.64 bits per heavy atom. The van der Waals surface area contributed by atoms with Crippen LogP contribution in [-0.4, -0.2) is 13.1 Å². The molecule has 1 atom stereocenters. The van der Waals surface area contributed by atoms with Crippen molar-refractivity contribution in [3.63, 3.8) is 0 Å². The van der Waals surface area contributed by atoms with Gasteiger partial charge in [0.2, 0.25) is 0 Å². The van der Waals surface area contributed by atoms with Crippen molar-refractivity contribution in [3.8, 4) is 0 Å². The molecule has 1 rings (SSSR count). The van der Waals surface area contributed by atoms with E-state index in [0.717, 1.165) is 10.0 Å². The summed E-state index contributed by atoms with van der Waals surface area (Å²) >= 11 is 6.77. The summed E-state index contributed by atoms with van der Waals surface area (Å²) < 4.78 is 5.48. The lowest BCUT2D eigenvalue weighted by atomic mass is 10.1. The van der Waals surface area contributed by atoms with Crippen molar-refractivity contribution in [2.24, 2.45) is 0 Å². The number of methoxy groups -OCH3 is 1. The average Bonchev–Trinajstić information content (AvgIpc) is 2.16. The van der Waals surface area contributed by atoms with E-state index in [1.807, 2.05) is 25.1 Å². The van der Waals surface area contributed by atoms with Crippen molar-refractivity contribution in [3.05, 3.63) is 33.8 Å². The SMILES string of the molecule is COC(=O)c1c(Br)cccc1C(C)Br. The first kappa shape index (κ1) is 11.7. The van der Waals surface area contributed by atoms with Crippen molar-refractivity contribution in [2.75, 3.05) is 7.11 Å². The highest BCUT2D eigenvalue weighted by Crippen LogP contribution is 2.30. The molecule has 76 valence electrons. The number of carbonyl (C=O) groups excluding carboxylic acids is 1. The Bertz CT molecular complexity index is 348. The Balaban J connectivity index is 3.29. The van der Waals surface area contributed by atoms with Gasteiger partial charge < -0.3 is 4.74 Å². The minimum Gasteiger partial charge on any atom is -0.465 e. The molecule has 14 heavy (non-hydrogen) atoms. The van der Waals surface area contributed by atoms with Gasteiger partial charge in [0.1, 0.15) is 0 Å². The van der Waals surface area contributed by atoms with E-state index < -0.39 is 0 Å². The lowest BCUT2D eigenvalue weighted by molar-refractivity contribution is 0.0598. The van der Waals surface area contributed by atoms with Gasteiger partial charge in [0, 0.05) is 9.30 Å². The Kier molecular flexibility index (Phi) is 4.13. The van der Waals surface area contributed by atoms with E-state index in [-0.39, 0.29) is 10.8 Å². The van der Waals surface area contributed by atoms with Crippen LogP contribution >= 0.6 is 31.9 Å². The number of hydrogen-bond acceptors (Lipinski definition) is 2. The zero-order valence-electron chi connectivity index (χ0n) is 7.88. The molecule has 0 aromatic heterocycles. The lowest BCUT2D eigenvalue weighted by Crippen LogP contribution is -2.07. The molecule has 0 saturated carbocycles. The molecule has 0 radical (unpaired) electrons. The van der Waals surface area contributed by atoms with Gasteiger partial charge in [-0.05, 0) is 34.5 Å². The number of carbonyl (C=O) groups is 1. The van der Waals surface area contributed by atoms with Gasteiger partial charge in [0.05, 0.1) is 12.7 Å². The zero-order valence-corrected chi connectivity index (χ0v) is 11.1. The number of halogens is 2. The van der Waals surface area contributed by atoms with Crippen LogP contribution in [0, 0.1) is 0 Å². The molecule has 0 N–H and O–H groups in total. The average molecular weight is 322 g/mol. The molecule has 0 bridgehead atoms. The monoisotopic (exact) mass is 320 g/mol. The van der Waals surface area contributed by atoms with Crippen LogP contribution in [0.2, 0.25) is 0 Å². The molecule has 0 aliphatic heterocycles. The summed E-state index contributed by atoms with van der Waals surface area (Å²) in [6.45, 7) is 1.97. The van der Waals surface area contributed by atoms with E-state index in [0.29, 0.717) is 5.56 Å². The fraction of sp³-hybridized carbons (Fsp3) is 0.300. The van der Waals surface area contributed by atoms with E-state index in [2.05, 4.69) is 31.9 Å². The van der Waals surface area contributed by atoms with E-state index in [1.54, 1.807) is 0 Å². The summed E-state index contributed by atoms with van der Waals surface area (Å²) in [6, 6.07) is 5.62. The number of benzene rings is 1. The maximum Gasteiger partial charge on any atom is 0.339 e. The van der Waals surface area contributed by atoms with Crippen molar-refractivity contribution in [1.82, 2.24) is 0 Å². The minimum atomic E-state index is -0.321. The molecule has 1 aromatic rings. The Hall–Kier alpha value is -0.350. The molecular formula is C10H10Br2O2. The van der Waals surface area contributed by atoms with Gasteiger partial charge in [-0.15, -0.1) is 0 Å². The molecule has 0 aliphatic carbocycles. The normalized spacial score (nSPS) is 12.3. The molecule has 1 aromatic carbocycles. The summed E-state index contributed by atoms with van der Waals surface area (Å²) in [7, 11) is 1.38. The minimum absolute atomic E-state index is 0.120. The van der Waals surface area contributed by atoms with Crippen LogP contribution in [0.25, 0.3) is 0 Å². The van der Waals surface area contributed by atoms with Gasteiger partial charge in [0.25, 0.3) is 0 Å². The van der Waals surface area contributed by atoms with E-state index in [9.17, 15) is 4.79 Å². The highest BCUT2D eigenvalue weighted by Gasteiger charge is 2.17. The predicted molar refractivity (Wildman–Crippen MR) is 62.8 cm³/mol. The Morgan fingerprint density at radius 2 is 2.14 bits per heavy atom. The third-order valence-electron chi connectivity index (χ3n) is 1.86. The number of ether oxygens (including phenoxy) is 1. The molecule has 4 heteroatoms. The van der Waals surface area contributed by atoms with Gasteiger partial charge in [-0.3, -0.25) is 0 Å². The van der Waals surface area contributed by atoms with Crippen LogP contribution in [0.1, 0.15) is 27.7 Å². The van der Waals surface area contributed by atoms with Crippen LogP contribution in [-0.2, 0) is 4.74 Å². The summed E-state index contributed by atoms with van der Waals surface area (Å²) in [6.07, 6.45) is 0. The second-order valence-electron chi connectivity index (χ2n) is 2.81. The summed E-state index contributed by atoms with van der Waals surface area (Å²) in [5.74, 6) is -0.321. The Morgan fingerprint density at radius 1 is 1.50 bits per heavy atom. The standard InChI is InChI=1S/C10H10Br2O2/c1-6(11)7-4-3-5-8(12)9(7)10(13)14-2/h3-6H,1-2H3. The molecule has 1 unspecified atom stereocenters. The second-order valence-corrected chi connectivity index (χ2v) is 5.04. The maximum absolute atomic E-state index is 11.5.